The molecule has 1 saturated heterocycles. The molecular weight excluding hydrogens is 681 g/mol. The molecule has 0 aliphatic carbocycles. The third kappa shape index (κ3) is 10.6. The summed E-state index contributed by atoms with van der Waals surface area (Å²) in [5.41, 5.74) is 6.35. The Morgan fingerprint density at radius 3 is 2.16 bits per heavy atom. The van der Waals surface area contributed by atoms with E-state index in [1.54, 1.807) is 18.3 Å². The summed E-state index contributed by atoms with van der Waals surface area (Å²) in [5.74, 6) is 2.71. The van der Waals surface area contributed by atoms with Crippen LogP contribution in [-0.2, 0) is 24.4 Å². The van der Waals surface area contributed by atoms with Gasteiger partial charge in [0.15, 0.2) is 0 Å². The van der Waals surface area contributed by atoms with Crippen LogP contribution in [0.2, 0.25) is 10.0 Å². The van der Waals surface area contributed by atoms with E-state index in [0.29, 0.717) is 48.0 Å². The third-order valence-corrected chi connectivity index (χ3v) is 9.18. The monoisotopic (exact) mass is 721 g/mol. The van der Waals surface area contributed by atoms with Gasteiger partial charge in [0.05, 0.1) is 12.8 Å². The van der Waals surface area contributed by atoms with E-state index in [-0.39, 0.29) is 5.91 Å². The van der Waals surface area contributed by atoms with Crippen LogP contribution in [0, 0.1) is 13.8 Å². The number of benzene rings is 4. The number of piperazine rings is 1. The van der Waals surface area contributed by atoms with Gasteiger partial charge in [-0.3, -0.25) is 9.69 Å². The number of hydrogen-bond acceptors (Lipinski definition) is 6. The fourth-order valence-electron chi connectivity index (χ4n) is 5.94. The lowest BCUT2D eigenvalue weighted by Crippen LogP contribution is -2.47. The average molecular weight is 723 g/mol. The van der Waals surface area contributed by atoms with Crippen LogP contribution in [0.3, 0.4) is 0 Å². The number of amides is 1. The van der Waals surface area contributed by atoms with Crippen LogP contribution >= 0.6 is 23.2 Å². The minimum atomic E-state index is 0.0253. The van der Waals surface area contributed by atoms with Crippen molar-refractivity contribution < 1.29 is 19.0 Å². The Labute approximate surface area is 310 Å². The Balaban J connectivity index is 0.933. The van der Waals surface area contributed by atoms with Crippen LogP contribution in [0.1, 0.15) is 33.4 Å². The molecule has 0 radical (unpaired) electrons. The number of pyridine rings is 1. The number of ether oxygens (including phenoxy) is 3. The largest absolute Gasteiger partial charge is 0.493 e. The Hall–Kier alpha value is -4.82. The average Bonchev–Trinajstić information content (AvgIpc) is 3.14. The number of aryl methyl sites for hydroxylation is 2. The molecular formula is C42H41Cl2N3O4. The molecule has 6 rings (SSSR count). The molecule has 262 valence electrons. The number of nitrogens with zero attached hydrogens (tertiary/aromatic N) is 3. The van der Waals surface area contributed by atoms with Gasteiger partial charge in [-0.05, 0) is 108 Å². The quantitative estimate of drug-likeness (QED) is 0.113. The second-order valence-electron chi connectivity index (χ2n) is 12.6. The lowest BCUT2D eigenvalue weighted by Gasteiger charge is -2.34. The Kier molecular flexibility index (Phi) is 12.3. The van der Waals surface area contributed by atoms with E-state index in [1.807, 2.05) is 91.6 Å². The van der Waals surface area contributed by atoms with Crippen LogP contribution in [0.5, 0.6) is 23.1 Å². The van der Waals surface area contributed by atoms with Crippen molar-refractivity contribution in [3.8, 4) is 23.1 Å². The molecule has 1 amide bonds. The molecule has 1 fully saturated rings. The standard InChI is InChI=1S/C42H41Cl2N3O4/c1-30-24-34(25-31(2)42(30)51-40-16-15-39(27-45-40)50-29-35-4-3-5-37(44)26-35)10-17-41(48)47-21-19-46(20-22-47)28-33-8-6-32(7-9-33)18-23-49-38-13-11-36(43)12-14-38/h3-17,24-27H,18-23,28-29H2,1-2H3. The summed E-state index contributed by atoms with van der Waals surface area (Å²) < 4.78 is 17.8. The Bertz CT molecular complexity index is 1920. The number of halogens is 2. The molecule has 0 saturated carbocycles. The second kappa shape index (κ2) is 17.4. The second-order valence-corrected chi connectivity index (χ2v) is 13.5. The van der Waals surface area contributed by atoms with Gasteiger partial charge in [-0.15, -0.1) is 0 Å². The Morgan fingerprint density at radius 1 is 0.765 bits per heavy atom. The normalized spacial score (nSPS) is 13.4. The van der Waals surface area contributed by atoms with Gasteiger partial charge >= 0.3 is 0 Å². The predicted octanol–water partition coefficient (Wildman–Crippen LogP) is 9.36. The maximum absolute atomic E-state index is 13.1. The zero-order chi connectivity index (χ0) is 35.6. The van der Waals surface area contributed by atoms with Crippen LogP contribution in [0.4, 0.5) is 0 Å². The van der Waals surface area contributed by atoms with Crippen LogP contribution in [0.25, 0.3) is 6.08 Å². The van der Waals surface area contributed by atoms with Crippen LogP contribution in [-0.4, -0.2) is 53.5 Å². The highest BCUT2D eigenvalue weighted by Crippen LogP contribution is 2.30. The summed E-state index contributed by atoms with van der Waals surface area (Å²) in [4.78, 5) is 21.8. The van der Waals surface area contributed by atoms with Crippen molar-refractivity contribution in [3.63, 3.8) is 0 Å². The van der Waals surface area contributed by atoms with Gasteiger partial charge < -0.3 is 19.1 Å². The third-order valence-electron chi connectivity index (χ3n) is 8.70. The number of carbonyl (C=O) groups excluding carboxylic acids is 1. The maximum atomic E-state index is 13.1. The number of rotatable bonds is 13. The topological polar surface area (TPSA) is 64.1 Å². The zero-order valence-corrected chi connectivity index (χ0v) is 30.4. The van der Waals surface area contributed by atoms with E-state index in [2.05, 4.69) is 34.1 Å². The number of carbonyl (C=O) groups is 1. The van der Waals surface area contributed by atoms with Gasteiger partial charge in [-0.2, -0.15) is 0 Å². The molecule has 9 heteroatoms. The molecule has 7 nitrogen and oxygen atoms in total. The molecule has 0 atom stereocenters. The molecule has 0 N–H and O–H groups in total. The fraction of sp³-hybridized carbons (Fsp3) is 0.238. The molecule has 51 heavy (non-hydrogen) atoms. The first-order valence-electron chi connectivity index (χ1n) is 17.1. The van der Waals surface area contributed by atoms with Gasteiger partial charge in [0.1, 0.15) is 23.9 Å². The summed E-state index contributed by atoms with van der Waals surface area (Å²) >= 11 is 12.0. The first-order valence-corrected chi connectivity index (χ1v) is 17.8. The van der Waals surface area contributed by atoms with Gasteiger partial charge in [-0.25, -0.2) is 4.98 Å². The van der Waals surface area contributed by atoms with E-state index in [9.17, 15) is 4.79 Å². The van der Waals surface area contributed by atoms with Crippen molar-refractivity contribution in [2.75, 3.05) is 32.8 Å². The van der Waals surface area contributed by atoms with Crippen molar-refractivity contribution in [3.05, 3.63) is 153 Å². The SMILES string of the molecule is Cc1cc(C=CC(=O)N2CCN(Cc3ccc(CCOc4ccc(Cl)cc4)cc3)CC2)cc(C)c1Oc1ccc(OCc2cccc(Cl)c2)cn1. The summed E-state index contributed by atoms with van der Waals surface area (Å²) in [7, 11) is 0. The van der Waals surface area contributed by atoms with Crippen molar-refractivity contribution in [1.29, 1.82) is 0 Å². The van der Waals surface area contributed by atoms with Gasteiger partial charge in [0, 0.05) is 61.3 Å². The van der Waals surface area contributed by atoms with Crippen LogP contribution in [0.15, 0.2) is 109 Å². The highest BCUT2D eigenvalue weighted by molar-refractivity contribution is 6.30. The molecule has 1 aromatic heterocycles. The molecule has 0 bridgehead atoms. The lowest BCUT2D eigenvalue weighted by atomic mass is 10.1. The molecule has 1 aliphatic rings. The van der Waals surface area contributed by atoms with Gasteiger partial charge in [0.2, 0.25) is 11.8 Å². The first-order chi connectivity index (χ1) is 24.8. The molecule has 1 aliphatic heterocycles. The smallest absolute Gasteiger partial charge is 0.246 e. The maximum Gasteiger partial charge on any atom is 0.246 e. The summed E-state index contributed by atoms with van der Waals surface area (Å²) in [6.45, 7) is 8.94. The lowest BCUT2D eigenvalue weighted by molar-refractivity contribution is -0.127. The molecule has 0 spiro atoms. The number of hydrogen-bond donors (Lipinski definition) is 0. The molecule has 4 aromatic carbocycles. The van der Waals surface area contributed by atoms with E-state index in [0.717, 1.165) is 59.8 Å². The molecule has 0 unspecified atom stereocenters. The van der Waals surface area contributed by atoms with Gasteiger partial charge in [0.25, 0.3) is 0 Å². The highest BCUT2D eigenvalue weighted by atomic mass is 35.5. The minimum absolute atomic E-state index is 0.0253. The summed E-state index contributed by atoms with van der Waals surface area (Å²) in [5, 5.41) is 1.38. The zero-order valence-electron chi connectivity index (χ0n) is 28.9. The highest BCUT2D eigenvalue weighted by Gasteiger charge is 2.20. The van der Waals surface area contributed by atoms with Crippen molar-refractivity contribution in [2.24, 2.45) is 0 Å². The first kappa shape index (κ1) is 36.0. The van der Waals surface area contributed by atoms with E-state index < -0.39 is 0 Å². The predicted molar refractivity (Wildman–Crippen MR) is 204 cm³/mol. The minimum Gasteiger partial charge on any atom is -0.493 e. The Morgan fingerprint density at radius 2 is 1.47 bits per heavy atom. The summed E-state index contributed by atoms with van der Waals surface area (Å²) in [6, 6.07) is 31.4. The number of aromatic nitrogens is 1. The van der Waals surface area contributed by atoms with Gasteiger partial charge in [-0.1, -0.05) is 59.6 Å². The van der Waals surface area contributed by atoms with E-state index >= 15 is 0 Å². The van der Waals surface area contributed by atoms with Crippen molar-refractivity contribution in [2.45, 2.75) is 33.4 Å². The van der Waals surface area contributed by atoms with Crippen molar-refractivity contribution in [1.82, 2.24) is 14.8 Å². The van der Waals surface area contributed by atoms with Crippen molar-refractivity contribution >= 4 is 35.2 Å². The molecule has 5 aromatic rings. The fourth-order valence-corrected chi connectivity index (χ4v) is 6.28. The van der Waals surface area contributed by atoms with E-state index in [4.69, 9.17) is 37.4 Å². The molecule has 2 heterocycles. The van der Waals surface area contributed by atoms with E-state index in [1.165, 1.54) is 11.1 Å². The summed E-state index contributed by atoms with van der Waals surface area (Å²) in [6.07, 6.45) is 6.03. The van der Waals surface area contributed by atoms with Crippen LogP contribution < -0.4 is 14.2 Å².